The van der Waals surface area contributed by atoms with Crippen molar-refractivity contribution in [2.75, 3.05) is 13.1 Å². The monoisotopic (exact) mass is 371 g/mol. The zero-order chi connectivity index (χ0) is 18.4. The second-order valence-electron chi connectivity index (χ2n) is 6.69. The summed E-state index contributed by atoms with van der Waals surface area (Å²) in [7, 11) is 0. The Morgan fingerprint density at radius 2 is 2.04 bits per heavy atom. The molecule has 2 heterocycles. The van der Waals surface area contributed by atoms with Crippen LogP contribution in [0.25, 0.3) is 0 Å². The number of amides is 1. The molecule has 1 aromatic heterocycles. The number of hydrogen-bond acceptors (Lipinski definition) is 4. The SMILES string of the molecule is CC(O/N=C(\N)c1ccsc1)C(=O)N1CCC(Cc2ccccc2)CC1. The number of carbonyl (C=O) groups excluding carboxylic acids is 1. The van der Waals surface area contributed by atoms with Gasteiger partial charge in [0.05, 0.1) is 0 Å². The number of piperidine rings is 1. The minimum atomic E-state index is -0.627. The molecule has 0 bridgehead atoms. The largest absolute Gasteiger partial charge is 0.381 e. The number of benzene rings is 1. The van der Waals surface area contributed by atoms with Crippen LogP contribution in [0.4, 0.5) is 0 Å². The highest BCUT2D eigenvalue weighted by Gasteiger charge is 2.27. The van der Waals surface area contributed by atoms with E-state index in [0.29, 0.717) is 11.8 Å². The quantitative estimate of drug-likeness (QED) is 0.481. The van der Waals surface area contributed by atoms with Gasteiger partial charge < -0.3 is 15.5 Å². The van der Waals surface area contributed by atoms with Gasteiger partial charge >= 0.3 is 0 Å². The van der Waals surface area contributed by atoms with Crippen molar-refractivity contribution in [3.63, 3.8) is 0 Å². The van der Waals surface area contributed by atoms with Crippen LogP contribution in [0, 0.1) is 5.92 Å². The molecular formula is C20H25N3O2S. The second-order valence-corrected chi connectivity index (χ2v) is 7.47. The number of oxime groups is 1. The van der Waals surface area contributed by atoms with Crippen LogP contribution in [0.1, 0.15) is 30.9 Å². The topological polar surface area (TPSA) is 67.9 Å². The summed E-state index contributed by atoms with van der Waals surface area (Å²) in [5, 5.41) is 7.72. The number of carbonyl (C=O) groups is 1. The van der Waals surface area contributed by atoms with Crippen LogP contribution < -0.4 is 5.73 Å². The van der Waals surface area contributed by atoms with Crippen molar-refractivity contribution in [3.8, 4) is 0 Å². The van der Waals surface area contributed by atoms with Gasteiger partial charge in [-0.05, 0) is 49.1 Å². The van der Waals surface area contributed by atoms with Gasteiger partial charge in [-0.3, -0.25) is 4.79 Å². The zero-order valence-electron chi connectivity index (χ0n) is 15.0. The van der Waals surface area contributed by atoms with Crippen molar-refractivity contribution in [1.82, 2.24) is 4.90 Å². The molecule has 1 saturated heterocycles. The summed E-state index contributed by atoms with van der Waals surface area (Å²) in [6.45, 7) is 3.27. The first-order valence-electron chi connectivity index (χ1n) is 8.98. The molecule has 0 saturated carbocycles. The third-order valence-corrected chi connectivity index (χ3v) is 5.45. The van der Waals surface area contributed by atoms with Crippen LogP contribution in [0.3, 0.4) is 0 Å². The standard InChI is InChI=1S/C20H25N3O2S/c1-15(25-22-19(21)18-9-12-26-14-18)20(24)23-10-7-17(8-11-23)13-16-5-3-2-4-6-16/h2-6,9,12,14-15,17H,7-8,10-11,13H2,1H3,(H2,21,22). The molecule has 1 aliphatic rings. The van der Waals surface area contributed by atoms with Crippen molar-refractivity contribution in [1.29, 1.82) is 0 Å². The van der Waals surface area contributed by atoms with Gasteiger partial charge in [0.15, 0.2) is 5.84 Å². The van der Waals surface area contributed by atoms with E-state index in [9.17, 15) is 4.79 Å². The Bertz CT molecular complexity index is 723. The van der Waals surface area contributed by atoms with Crippen LogP contribution in [0.15, 0.2) is 52.3 Å². The fraction of sp³-hybridized carbons (Fsp3) is 0.400. The Kier molecular flexibility index (Phi) is 6.28. The molecule has 1 unspecified atom stereocenters. The van der Waals surface area contributed by atoms with Gasteiger partial charge in [0.1, 0.15) is 0 Å². The summed E-state index contributed by atoms with van der Waals surface area (Å²) in [5.41, 5.74) is 8.05. The summed E-state index contributed by atoms with van der Waals surface area (Å²) in [6, 6.07) is 12.4. The molecule has 2 N–H and O–H groups in total. The Morgan fingerprint density at radius 1 is 1.31 bits per heavy atom. The van der Waals surface area contributed by atoms with Crippen molar-refractivity contribution in [2.24, 2.45) is 16.8 Å². The minimum absolute atomic E-state index is 0.0231. The number of likely N-dealkylation sites (tertiary alicyclic amines) is 1. The number of amidine groups is 1. The Balaban J connectivity index is 1.46. The third kappa shape index (κ3) is 4.85. The lowest BCUT2D eigenvalue weighted by molar-refractivity contribution is -0.144. The number of nitrogens with two attached hydrogens (primary N) is 1. The average Bonchev–Trinajstić information content (AvgIpc) is 3.21. The van der Waals surface area contributed by atoms with E-state index in [4.69, 9.17) is 10.6 Å². The Hall–Kier alpha value is -2.34. The predicted octanol–water partition coefficient (Wildman–Crippen LogP) is 3.25. The average molecular weight is 372 g/mol. The molecule has 0 aliphatic carbocycles. The third-order valence-electron chi connectivity index (χ3n) is 4.77. The molecule has 2 aromatic rings. The first kappa shape index (κ1) is 18.5. The second kappa shape index (κ2) is 8.85. The van der Waals surface area contributed by atoms with E-state index < -0.39 is 6.10 Å². The molecule has 138 valence electrons. The maximum Gasteiger partial charge on any atom is 0.266 e. The lowest BCUT2D eigenvalue weighted by Crippen LogP contribution is -2.43. The van der Waals surface area contributed by atoms with E-state index in [1.54, 1.807) is 18.3 Å². The number of nitrogens with zero attached hydrogens (tertiary/aromatic N) is 2. The Morgan fingerprint density at radius 3 is 2.69 bits per heavy atom. The molecule has 26 heavy (non-hydrogen) atoms. The molecule has 1 aromatic carbocycles. The molecule has 0 spiro atoms. The van der Waals surface area contributed by atoms with Crippen molar-refractivity contribution in [2.45, 2.75) is 32.3 Å². The van der Waals surface area contributed by atoms with Gasteiger partial charge in [-0.2, -0.15) is 11.3 Å². The van der Waals surface area contributed by atoms with Gasteiger partial charge in [-0.15, -0.1) is 0 Å². The summed E-state index contributed by atoms with van der Waals surface area (Å²) in [4.78, 5) is 19.8. The van der Waals surface area contributed by atoms with E-state index in [2.05, 4.69) is 29.4 Å². The smallest absolute Gasteiger partial charge is 0.266 e. The molecule has 0 radical (unpaired) electrons. The van der Waals surface area contributed by atoms with Gasteiger partial charge in [-0.25, -0.2) is 0 Å². The van der Waals surface area contributed by atoms with E-state index in [-0.39, 0.29) is 5.91 Å². The van der Waals surface area contributed by atoms with Crippen LogP contribution in [-0.4, -0.2) is 35.8 Å². The molecule has 1 amide bonds. The molecule has 1 atom stereocenters. The van der Waals surface area contributed by atoms with Crippen LogP contribution in [0.2, 0.25) is 0 Å². The summed E-state index contributed by atoms with van der Waals surface area (Å²) in [5.74, 6) is 0.905. The maximum absolute atomic E-state index is 12.6. The highest BCUT2D eigenvalue weighted by atomic mass is 32.1. The molecule has 3 rings (SSSR count). The predicted molar refractivity (Wildman–Crippen MR) is 105 cm³/mol. The fourth-order valence-electron chi connectivity index (χ4n) is 3.21. The number of thiophene rings is 1. The zero-order valence-corrected chi connectivity index (χ0v) is 15.8. The summed E-state index contributed by atoms with van der Waals surface area (Å²) < 4.78 is 0. The fourth-order valence-corrected chi connectivity index (χ4v) is 3.86. The van der Waals surface area contributed by atoms with Gasteiger partial charge in [0.25, 0.3) is 5.91 Å². The van der Waals surface area contributed by atoms with Gasteiger partial charge in [0.2, 0.25) is 6.10 Å². The molecule has 6 heteroatoms. The lowest BCUT2D eigenvalue weighted by atomic mass is 9.90. The van der Waals surface area contributed by atoms with Crippen LogP contribution >= 0.6 is 11.3 Å². The molecular weight excluding hydrogens is 346 g/mol. The highest BCUT2D eigenvalue weighted by molar-refractivity contribution is 7.08. The van der Waals surface area contributed by atoms with E-state index in [0.717, 1.165) is 37.9 Å². The molecule has 1 fully saturated rings. The normalized spacial score (nSPS) is 17.1. The van der Waals surface area contributed by atoms with E-state index in [1.807, 2.05) is 27.8 Å². The highest BCUT2D eigenvalue weighted by Crippen LogP contribution is 2.22. The van der Waals surface area contributed by atoms with Crippen LogP contribution in [-0.2, 0) is 16.1 Å². The van der Waals surface area contributed by atoms with Crippen molar-refractivity contribution < 1.29 is 9.63 Å². The van der Waals surface area contributed by atoms with Gasteiger partial charge in [-0.1, -0.05) is 35.5 Å². The first-order chi connectivity index (χ1) is 12.6. The minimum Gasteiger partial charge on any atom is -0.381 e. The maximum atomic E-state index is 12.6. The summed E-state index contributed by atoms with van der Waals surface area (Å²) >= 11 is 1.54. The van der Waals surface area contributed by atoms with E-state index in [1.165, 1.54) is 5.56 Å². The van der Waals surface area contributed by atoms with Crippen molar-refractivity contribution >= 4 is 23.1 Å². The van der Waals surface area contributed by atoms with E-state index >= 15 is 0 Å². The van der Waals surface area contributed by atoms with Crippen LogP contribution in [0.5, 0.6) is 0 Å². The van der Waals surface area contributed by atoms with Gasteiger partial charge in [0, 0.05) is 24.0 Å². The first-order valence-corrected chi connectivity index (χ1v) is 9.92. The molecule has 1 aliphatic heterocycles. The number of hydrogen-bond donors (Lipinski definition) is 1. The summed E-state index contributed by atoms with van der Waals surface area (Å²) in [6.07, 6.45) is 2.50. The molecule has 5 nitrogen and oxygen atoms in total. The lowest BCUT2D eigenvalue weighted by Gasteiger charge is -2.33. The van der Waals surface area contributed by atoms with Crippen molar-refractivity contribution in [3.05, 3.63) is 58.3 Å². The Labute approximate surface area is 158 Å². The number of rotatable bonds is 6.